The summed E-state index contributed by atoms with van der Waals surface area (Å²) in [5.74, 6) is 0.563. The fourth-order valence-electron chi connectivity index (χ4n) is 3.12. The molecule has 4 nitrogen and oxygen atoms in total. The van der Waals surface area contributed by atoms with Gasteiger partial charge in [-0.2, -0.15) is 0 Å². The molecule has 0 aliphatic rings. The molecule has 2 aromatic heterocycles. The minimum Gasteiger partial charge on any atom is -0.353 e. The van der Waals surface area contributed by atoms with Crippen LogP contribution in [0.4, 0.5) is 0 Å². The summed E-state index contributed by atoms with van der Waals surface area (Å²) >= 11 is 0. The lowest BCUT2D eigenvalue weighted by Crippen LogP contribution is -2.34. The molecule has 1 N–H and O–H groups in total. The third kappa shape index (κ3) is 3.70. The third-order valence-corrected chi connectivity index (χ3v) is 4.32. The molecule has 0 aliphatic carbocycles. The van der Waals surface area contributed by atoms with Crippen LogP contribution in [0.5, 0.6) is 0 Å². The molecule has 0 fully saturated rings. The van der Waals surface area contributed by atoms with E-state index < -0.39 is 0 Å². The Balaban J connectivity index is 1.61. The van der Waals surface area contributed by atoms with Crippen molar-refractivity contribution in [3.63, 3.8) is 0 Å². The Labute approximate surface area is 143 Å². The second kappa shape index (κ2) is 7.39. The highest BCUT2D eigenvalue weighted by Gasteiger charge is 2.20. The number of nitrogens with one attached hydrogen (secondary N) is 1. The number of para-hydroxylation sites is 1. The van der Waals surface area contributed by atoms with Gasteiger partial charge in [-0.15, -0.1) is 0 Å². The van der Waals surface area contributed by atoms with Gasteiger partial charge in [0.15, 0.2) is 0 Å². The Morgan fingerprint density at radius 2 is 1.79 bits per heavy atom. The predicted molar refractivity (Wildman–Crippen MR) is 97.9 cm³/mol. The van der Waals surface area contributed by atoms with Crippen molar-refractivity contribution in [1.29, 1.82) is 0 Å². The largest absolute Gasteiger partial charge is 0.353 e. The maximum atomic E-state index is 12.6. The highest BCUT2D eigenvalue weighted by molar-refractivity contribution is 5.81. The van der Waals surface area contributed by atoms with E-state index in [0.717, 1.165) is 13.0 Å². The van der Waals surface area contributed by atoms with Gasteiger partial charge < -0.3 is 14.5 Å². The average Bonchev–Trinajstić information content (AvgIpc) is 3.22. The zero-order valence-electron chi connectivity index (χ0n) is 14.4. The van der Waals surface area contributed by atoms with E-state index in [2.05, 4.69) is 48.1 Å². The summed E-state index contributed by atoms with van der Waals surface area (Å²) in [5, 5.41) is 4.33. The van der Waals surface area contributed by atoms with Crippen LogP contribution < -0.4 is 5.32 Å². The lowest BCUT2D eigenvalue weighted by molar-refractivity contribution is -0.124. The normalized spacial score (nSPS) is 12.6. The molecule has 0 aliphatic heterocycles. The molecule has 126 valence electrons. The number of amides is 1. The zero-order chi connectivity index (χ0) is 16.9. The molecular weight excluding hydrogens is 298 g/mol. The van der Waals surface area contributed by atoms with Crippen LogP contribution in [0, 0.1) is 5.92 Å². The highest BCUT2D eigenvalue weighted by Crippen LogP contribution is 2.18. The van der Waals surface area contributed by atoms with Crippen LogP contribution in [0.3, 0.4) is 0 Å². The number of fused-ring (bicyclic) bond motifs is 1. The molecule has 3 aromatic rings. The van der Waals surface area contributed by atoms with Gasteiger partial charge in [-0.05, 0) is 42.0 Å². The van der Waals surface area contributed by atoms with Gasteiger partial charge in [-0.25, -0.2) is 0 Å². The molecule has 0 saturated heterocycles. The summed E-state index contributed by atoms with van der Waals surface area (Å²) in [5.41, 5.74) is 1.20. The van der Waals surface area contributed by atoms with Crippen molar-refractivity contribution in [2.24, 2.45) is 5.92 Å². The molecule has 1 aromatic carbocycles. The standard InChI is InChI=1S/C20H25N3O/c1-16(2)15-19(22-11-5-6-12-22)20(24)21-10-14-23-13-9-17-7-3-4-8-18(17)23/h3-9,11-13,16,19H,10,14-15H2,1-2H3,(H,21,24)/t19-/m0/s1. The number of hydrogen-bond donors (Lipinski definition) is 1. The number of nitrogens with zero attached hydrogens (tertiary/aromatic N) is 2. The van der Waals surface area contributed by atoms with E-state index in [1.807, 2.05) is 41.2 Å². The third-order valence-electron chi connectivity index (χ3n) is 4.32. The number of aromatic nitrogens is 2. The molecule has 0 spiro atoms. The molecule has 2 heterocycles. The highest BCUT2D eigenvalue weighted by atomic mass is 16.2. The molecule has 0 radical (unpaired) electrons. The summed E-state index contributed by atoms with van der Waals surface area (Å²) < 4.78 is 4.18. The van der Waals surface area contributed by atoms with Crippen LogP contribution in [0.2, 0.25) is 0 Å². The predicted octanol–water partition coefficient (Wildman–Crippen LogP) is 3.85. The molecular formula is C20H25N3O. The first kappa shape index (κ1) is 16.4. The summed E-state index contributed by atoms with van der Waals surface area (Å²) in [4.78, 5) is 12.6. The Kier molecular flexibility index (Phi) is 5.04. The second-order valence-corrected chi connectivity index (χ2v) is 6.63. The van der Waals surface area contributed by atoms with Gasteiger partial charge in [0, 0.05) is 37.2 Å². The molecule has 0 unspecified atom stereocenters. The van der Waals surface area contributed by atoms with Crippen molar-refractivity contribution in [1.82, 2.24) is 14.5 Å². The molecule has 4 heteroatoms. The lowest BCUT2D eigenvalue weighted by Gasteiger charge is -2.20. The van der Waals surface area contributed by atoms with E-state index >= 15 is 0 Å². The van der Waals surface area contributed by atoms with Crippen LogP contribution in [0.25, 0.3) is 10.9 Å². The van der Waals surface area contributed by atoms with Crippen LogP contribution in [-0.2, 0) is 11.3 Å². The van der Waals surface area contributed by atoms with Crippen LogP contribution in [0.1, 0.15) is 26.3 Å². The minimum absolute atomic E-state index is 0.0939. The molecule has 3 rings (SSSR count). The zero-order valence-corrected chi connectivity index (χ0v) is 14.4. The van der Waals surface area contributed by atoms with E-state index in [9.17, 15) is 4.79 Å². The fraction of sp³-hybridized carbons (Fsp3) is 0.350. The number of benzene rings is 1. The Morgan fingerprint density at radius 3 is 2.54 bits per heavy atom. The van der Waals surface area contributed by atoms with Gasteiger partial charge in [0.2, 0.25) is 5.91 Å². The first-order valence-electron chi connectivity index (χ1n) is 8.59. The number of carbonyl (C=O) groups is 1. The molecule has 1 atom stereocenters. The van der Waals surface area contributed by atoms with Crippen molar-refractivity contribution in [3.05, 3.63) is 61.1 Å². The smallest absolute Gasteiger partial charge is 0.243 e. The van der Waals surface area contributed by atoms with E-state index in [4.69, 9.17) is 0 Å². The van der Waals surface area contributed by atoms with Crippen molar-refractivity contribution in [3.8, 4) is 0 Å². The topological polar surface area (TPSA) is 39.0 Å². The summed E-state index contributed by atoms with van der Waals surface area (Å²) in [6.45, 7) is 5.71. The van der Waals surface area contributed by atoms with Gasteiger partial charge in [0.1, 0.15) is 6.04 Å². The number of hydrogen-bond acceptors (Lipinski definition) is 1. The summed E-state index contributed by atoms with van der Waals surface area (Å²) in [6, 6.07) is 14.2. The van der Waals surface area contributed by atoms with E-state index in [-0.39, 0.29) is 11.9 Å². The van der Waals surface area contributed by atoms with Crippen LogP contribution in [-0.4, -0.2) is 21.6 Å². The SMILES string of the molecule is CC(C)C[C@@H](C(=O)NCCn1ccc2ccccc21)n1cccc1. The quantitative estimate of drug-likeness (QED) is 0.705. The van der Waals surface area contributed by atoms with Crippen LogP contribution in [0.15, 0.2) is 61.1 Å². The Bertz CT molecular complexity index is 786. The molecule has 0 saturated carbocycles. The number of carbonyl (C=O) groups excluding carboxylic acids is 1. The molecule has 0 bridgehead atoms. The van der Waals surface area contributed by atoms with Crippen molar-refractivity contribution in [2.75, 3.05) is 6.54 Å². The minimum atomic E-state index is -0.138. The van der Waals surface area contributed by atoms with E-state index in [1.165, 1.54) is 10.9 Å². The lowest BCUT2D eigenvalue weighted by atomic mass is 10.0. The van der Waals surface area contributed by atoms with Crippen molar-refractivity contribution < 1.29 is 4.79 Å². The van der Waals surface area contributed by atoms with Crippen LogP contribution >= 0.6 is 0 Å². The van der Waals surface area contributed by atoms with Gasteiger partial charge in [0.25, 0.3) is 0 Å². The number of rotatable bonds is 7. The van der Waals surface area contributed by atoms with Crippen molar-refractivity contribution in [2.45, 2.75) is 32.9 Å². The summed E-state index contributed by atoms with van der Waals surface area (Å²) in [7, 11) is 0. The van der Waals surface area contributed by atoms with Gasteiger partial charge in [0.05, 0.1) is 0 Å². The van der Waals surface area contributed by atoms with Gasteiger partial charge >= 0.3 is 0 Å². The second-order valence-electron chi connectivity index (χ2n) is 6.63. The van der Waals surface area contributed by atoms with Gasteiger partial charge in [-0.3, -0.25) is 4.79 Å². The molecule has 1 amide bonds. The average molecular weight is 323 g/mol. The summed E-state index contributed by atoms with van der Waals surface area (Å²) in [6.07, 6.45) is 6.85. The van der Waals surface area contributed by atoms with Crippen molar-refractivity contribution >= 4 is 16.8 Å². The first-order valence-corrected chi connectivity index (χ1v) is 8.59. The molecule has 24 heavy (non-hydrogen) atoms. The maximum Gasteiger partial charge on any atom is 0.243 e. The van der Waals surface area contributed by atoms with E-state index in [1.54, 1.807) is 0 Å². The first-order chi connectivity index (χ1) is 11.6. The Hall–Kier alpha value is -2.49. The van der Waals surface area contributed by atoms with E-state index in [0.29, 0.717) is 12.5 Å². The van der Waals surface area contributed by atoms with Gasteiger partial charge in [-0.1, -0.05) is 32.0 Å². The maximum absolute atomic E-state index is 12.6. The fourth-order valence-corrected chi connectivity index (χ4v) is 3.12. The Morgan fingerprint density at radius 1 is 1.04 bits per heavy atom. The monoisotopic (exact) mass is 323 g/mol.